The van der Waals surface area contributed by atoms with Crippen molar-refractivity contribution >= 4 is 27.6 Å². The molecule has 4 heteroatoms. The van der Waals surface area contributed by atoms with Crippen LogP contribution >= 0.6 is 0 Å². The van der Waals surface area contributed by atoms with Gasteiger partial charge in [0, 0.05) is 5.39 Å². The van der Waals surface area contributed by atoms with E-state index in [1.165, 1.54) is 0 Å². The summed E-state index contributed by atoms with van der Waals surface area (Å²) < 4.78 is 3.48. The van der Waals surface area contributed by atoms with Crippen LogP contribution in [0.2, 0.25) is 0 Å². The first kappa shape index (κ1) is 16.7. The lowest BCUT2D eigenvalue weighted by atomic mass is 10.1. The SMILES string of the molecule is O=c1n(-c2ccc(-c3ccccc3)cc2)c2ccccc2c2nc3ccccc3n12. The Kier molecular flexibility index (Phi) is 3.59. The first-order valence-corrected chi connectivity index (χ1v) is 9.88. The molecule has 0 radical (unpaired) electrons. The highest BCUT2D eigenvalue weighted by molar-refractivity contribution is 5.97. The quantitative estimate of drug-likeness (QED) is 0.396. The zero-order valence-electron chi connectivity index (χ0n) is 16.1. The van der Waals surface area contributed by atoms with Crippen molar-refractivity contribution in [2.24, 2.45) is 0 Å². The minimum Gasteiger partial charge on any atom is -0.262 e. The van der Waals surface area contributed by atoms with Gasteiger partial charge in [-0.3, -0.25) is 4.57 Å². The number of fused-ring (bicyclic) bond motifs is 5. The molecular weight excluding hydrogens is 370 g/mol. The van der Waals surface area contributed by atoms with Crippen LogP contribution in [-0.4, -0.2) is 14.0 Å². The molecule has 0 aliphatic carbocycles. The maximum atomic E-state index is 13.7. The normalized spacial score (nSPS) is 11.5. The van der Waals surface area contributed by atoms with Gasteiger partial charge in [-0.2, -0.15) is 0 Å². The summed E-state index contributed by atoms with van der Waals surface area (Å²) in [6.07, 6.45) is 0. The van der Waals surface area contributed by atoms with E-state index in [2.05, 4.69) is 24.3 Å². The van der Waals surface area contributed by atoms with Crippen molar-refractivity contribution in [1.29, 1.82) is 0 Å². The van der Waals surface area contributed by atoms with Crippen LogP contribution in [0.4, 0.5) is 0 Å². The van der Waals surface area contributed by atoms with E-state index >= 15 is 0 Å². The molecular formula is C26H17N3O. The minimum atomic E-state index is -0.120. The fourth-order valence-electron chi connectivity index (χ4n) is 4.14. The summed E-state index contributed by atoms with van der Waals surface area (Å²) in [5.41, 5.74) is 6.14. The van der Waals surface area contributed by atoms with E-state index in [1.807, 2.05) is 78.9 Å². The number of benzene rings is 4. The average Bonchev–Trinajstić information content (AvgIpc) is 3.21. The van der Waals surface area contributed by atoms with Crippen molar-refractivity contribution in [3.63, 3.8) is 0 Å². The van der Waals surface area contributed by atoms with Gasteiger partial charge in [0.15, 0.2) is 5.65 Å². The fourth-order valence-corrected chi connectivity index (χ4v) is 4.14. The van der Waals surface area contributed by atoms with E-state index < -0.39 is 0 Å². The molecule has 30 heavy (non-hydrogen) atoms. The summed E-state index contributed by atoms with van der Waals surface area (Å²) in [5.74, 6) is 0. The second-order valence-electron chi connectivity index (χ2n) is 7.31. The fraction of sp³-hybridized carbons (Fsp3) is 0. The number of hydrogen-bond donors (Lipinski definition) is 0. The number of rotatable bonds is 2. The number of hydrogen-bond acceptors (Lipinski definition) is 2. The topological polar surface area (TPSA) is 39.3 Å². The third-order valence-corrected chi connectivity index (χ3v) is 5.56. The van der Waals surface area contributed by atoms with Crippen LogP contribution < -0.4 is 5.69 Å². The van der Waals surface area contributed by atoms with Gasteiger partial charge < -0.3 is 0 Å². The van der Waals surface area contributed by atoms with E-state index in [-0.39, 0.29) is 5.69 Å². The van der Waals surface area contributed by atoms with Gasteiger partial charge in [0.2, 0.25) is 0 Å². The first-order chi connectivity index (χ1) is 14.8. The van der Waals surface area contributed by atoms with Crippen LogP contribution in [0.5, 0.6) is 0 Å². The monoisotopic (exact) mass is 387 g/mol. The molecule has 2 heterocycles. The highest BCUT2D eigenvalue weighted by Gasteiger charge is 2.16. The predicted molar refractivity (Wildman–Crippen MR) is 121 cm³/mol. The Labute approximate surface area is 172 Å². The third kappa shape index (κ3) is 2.40. The highest BCUT2D eigenvalue weighted by Crippen LogP contribution is 2.25. The zero-order valence-corrected chi connectivity index (χ0v) is 16.1. The molecule has 0 aliphatic rings. The first-order valence-electron chi connectivity index (χ1n) is 9.88. The largest absolute Gasteiger partial charge is 0.339 e. The number of imidazole rings is 1. The van der Waals surface area contributed by atoms with E-state index in [4.69, 9.17) is 4.98 Å². The zero-order chi connectivity index (χ0) is 20.1. The molecule has 2 aromatic heterocycles. The van der Waals surface area contributed by atoms with E-state index in [1.54, 1.807) is 8.97 Å². The summed E-state index contributed by atoms with van der Waals surface area (Å²) in [5, 5.41) is 0.945. The van der Waals surface area contributed by atoms with Crippen LogP contribution in [0, 0.1) is 0 Å². The Balaban J connectivity index is 1.67. The molecule has 6 rings (SSSR count). The molecule has 0 unspecified atom stereocenters. The summed E-state index contributed by atoms with van der Waals surface area (Å²) >= 11 is 0. The number of aromatic nitrogens is 3. The lowest BCUT2D eigenvalue weighted by Crippen LogP contribution is -2.25. The smallest absolute Gasteiger partial charge is 0.262 e. The van der Waals surface area contributed by atoms with Crippen LogP contribution in [0.25, 0.3) is 44.4 Å². The molecule has 0 fully saturated rings. The van der Waals surface area contributed by atoms with Gasteiger partial charge in [-0.15, -0.1) is 0 Å². The van der Waals surface area contributed by atoms with Crippen LogP contribution in [-0.2, 0) is 0 Å². The molecule has 142 valence electrons. The average molecular weight is 387 g/mol. The standard InChI is InChI=1S/C26H17N3O/c30-26-28(20-16-14-19(15-17-20)18-8-2-1-3-9-18)23-12-6-4-10-21(23)25-27-22-11-5-7-13-24(22)29(25)26/h1-17H. The molecule has 0 saturated heterocycles. The van der Waals surface area contributed by atoms with Crippen molar-refractivity contribution < 1.29 is 0 Å². The summed E-state index contributed by atoms with van der Waals surface area (Å²) in [6, 6.07) is 34.0. The molecule has 0 amide bonds. The molecule has 0 N–H and O–H groups in total. The minimum absolute atomic E-state index is 0.120. The van der Waals surface area contributed by atoms with Crippen molar-refractivity contribution in [1.82, 2.24) is 14.0 Å². The second kappa shape index (κ2) is 6.42. The van der Waals surface area contributed by atoms with Crippen molar-refractivity contribution in [2.45, 2.75) is 0 Å². The van der Waals surface area contributed by atoms with Crippen molar-refractivity contribution in [3.8, 4) is 16.8 Å². The second-order valence-corrected chi connectivity index (χ2v) is 7.31. The van der Waals surface area contributed by atoms with E-state index in [0.717, 1.165) is 38.8 Å². The van der Waals surface area contributed by atoms with Crippen molar-refractivity contribution in [2.75, 3.05) is 0 Å². The van der Waals surface area contributed by atoms with Crippen LogP contribution in [0.1, 0.15) is 0 Å². The van der Waals surface area contributed by atoms with Gasteiger partial charge in [-0.05, 0) is 47.5 Å². The summed E-state index contributed by atoms with van der Waals surface area (Å²) in [4.78, 5) is 18.4. The Morgan fingerprint density at radius 1 is 0.600 bits per heavy atom. The maximum absolute atomic E-state index is 13.7. The lowest BCUT2D eigenvalue weighted by molar-refractivity contribution is 0.932. The third-order valence-electron chi connectivity index (χ3n) is 5.56. The predicted octanol–water partition coefficient (Wildman–Crippen LogP) is 5.46. The molecule has 0 aliphatic heterocycles. The molecule has 6 aromatic rings. The lowest BCUT2D eigenvalue weighted by Gasteiger charge is -2.13. The van der Waals surface area contributed by atoms with Gasteiger partial charge in [-0.1, -0.05) is 66.7 Å². The molecule has 0 atom stereocenters. The van der Waals surface area contributed by atoms with E-state index in [9.17, 15) is 4.79 Å². The van der Waals surface area contributed by atoms with Gasteiger partial charge in [0.1, 0.15) is 0 Å². The molecule has 0 bridgehead atoms. The highest BCUT2D eigenvalue weighted by atomic mass is 16.1. The Morgan fingerprint density at radius 2 is 1.23 bits per heavy atom. The molecule has 0 spiro atoms. The Morgan fingerprint density at radius 3 is 2.03 bits per heavy atom. The van der Waals surface area contributed by atoms with Crippen molar-refractivity contribution in [3.05, 3.63) is 114 Å². The van der Waals surface area contributed by atoms with E-state index in [0.29, 0.717) is 5.65 Å². The molecule has 4 aromatic carbocycles. The van der Waals surface area contributed by atoms with Gasteiger partial charge in [0.05, 0.1) is 22.2 Å². The van der Waals surface area contributed by atoms with Crippen LogP contribution in [0.15, 0.2) is 108 Å². The summed E-state index contributed by atoms with van der Waals surface area (Å²) in [6.45, 7) is 0. The van der Waals surface area contributed by atoms with Crippen LogP contribution in [0.3, 0.4) is 0 Å². The number of para-hydroxylation sites is 3. The van der Waals surface area contributed by atoms with Gasteiger partial charge >= 0.3 is 5.69 Å². The Hall–Kier alpha value is -4.18. The summed E-state index contributed by atoms with van der Waals surface area (Å²) in [7, 11) is 0. The van der Waals surface area contributed by atoms with Gasteiger partial charge in [-0.25, -0.2) is 14.2 Å². The maximum Gasteiger partial charge on any atom is 0.339 e. The molecule has 0 saturated carbocycles. The van der Waals surface area contributed by atoms with Gasteiger partial charge in [0.25, 0.3) is 0 Å². The Bertz CT molecular complexity index is 1590. The molecule has 4 nitrogen and oxygen atoms in total. The number of nitrogens with zero attached hydrogens (tertiary/aromatic N) is 3.